The van der Waals surface area contributed by atoms with Crippen molar-refractivity contribution in [2.24, 2.45) is 0 Å². The number of esters is 2. The number of phosphoric acid groups is 1. The number of unbranched alkanes of at least 4 members (excludes halogenated alkanes) is 13. The number of carbonyl (C=O) groups is 2. The Morgan fingerprint density at radius 2 is 1.24 bits per heavy atom. The van der Waals surface area contributed by atoms with Gasteiger partial charge in [-0.25, -0.2) is 0 Å². The molecule has 4 atom stereocenters. The number of carbonyl (C=O) groups excluding carboxylic acids is 2. The lowest BCUT2D eigenvalue weighted by Gasteiger charge is -2.28. The highest BCUT2D eigenvalue weighted by Gasteiger charge is 2.22. The number of rotatable bonds is 36. The first-order chi connectivity index (χ1) is 25.8. The van der Waals surface area contributed by atoms with Crippen molar-refractivity contribution in [1.82, 2.24) is 0 Å². The van der Waals surface area contributed by atoms with Gasteiger partial charge in [-0.15, -0.1) is 0 Å². The Morgan fingerprint density at radius 1 is 0.685 bits per heavy atom. The van der Waals surface area contributed by atoms with Gasteiger partial charge < -0.3 is 38.1 Å². The van der Waals surface area contributed by atoms with Crippen molar-refractivity contribution in [2.45, 2.75) is 161 Å². The number of quaternary nitrogens is 1. The van der Waals surface area contributed by atoms with Crippen LogP contribution in [0.5, 0.6) is 0 Å². The average Bonchev–Trinajstić information content (AvgIpc) is 3.10. The number of phosphoric ester groups is 1. The Balaban J connectivity index is 4.66. The molecule has 0 aromatic carbocycles. The van der Waals surface area contributed by atoms with Crippen LogP contribution in [0.3, 0.4) is 0 Å². The molecule has 0 fully saturated rings. The number of likely N-dealkylation sites (N-methyl/N-ethyl adjacent to an activating group) is 1. The Morgan fingerprint density at radius 3 is 1.85 bits per heavy atom. The zero-order chi connectivity index (χ0) is 40.3. The van der Waals surface area contributed by atoms with E-state index in [1.807, 2.05) is 27.2 Å². The molecule has 0 spiro atoms. The standard InChI is InChI=1S/C42H76NO10P/c1-6-8-10-12-14-15-16-17-18-20-26-32-42(47)53-40(37-52-54(48,49)51-35-34-43(3,4)5)36-50-41(46)33-27-31-39(45)30-25-22-21-24-29-38(44)28-23-19-13-11-9-7-2/h19,21-25,29-30,38-40,44-45H,6-18,20,26-28,31-37H2,1-5H3/b22-21+,23-19-,29-24+,30-25-/t38-,39-,40-/m1/s1. The molecule has 54 heavy (non-hydrogen) atoms. The summed E-state index contributed by atoms with van der Waals surface area (Å²) in [5.41, 5.74) is 0. The lowest BCUT2D eigenvalue weighted by Crippen LogP contribution is -2.37. The van der Waals surface area contributed by atoms with E-state index in [1.165, 1.54) is 64.2 Å². The van der Waals surface area contributed by atoms with Crippen LogP contribution in [-0.4, -0.2) is 92.5 Å². The van der Waals surface area contributed by atoms with Gasteiger partial charge in [-0.3, -0.25) is 14.2 Å². The fourth-order valence-corrected chi connectivity index (χ4v) is 5.93. The zero-order valence-electron chi connectivity index (χ0n) is 34.4. The lowest BCUT2D eigenvalue weighted by atomic mass is 10.1. The van der Waals surface area contributed by atoms with Crippen molar-refractivity contribution >= 4 is 19.8 Å². The summed E-state index contributed by atoms with van der Waals surface area (Å²) in [6.07, 6.45) is 30.6. The second kappa shape index (κ2) is 34.2. The molecule has 0 bridgehead atoms. The van der Waals surface area contributed by atoms with Crippen LogP contribution in [0.25, 0.3) is 0 Å². The SMILES string of the molecule is CCCCC/C=C\C[C@@H](O)/C=C/C=C/C=C\[C@@H](O)CCCC(=O)OC[C@H](COP(=O)([O-])OCC[N+](C)(C)C)OC(=O)CCCCCCCCCCCCC. The monoisotopic (exact) mass is 786 g/mol. The molecule has 0 rings (SSSR count). The molecule has 0 aromatic rings. The first-order valence-corrected chi connectivity index (χ1v) is 22.0. The number of allylic oxidation sites excluding steroid dienone is 5. The summed E-state index contributed by atoms with van der Waals surface area (Å²) < 4.78 is 33.6. The van der Waals surface area contributed by atoms with Gasteiger partial charge in [0, 0.05) is 12.8 Å². The van der Waals surface area contributed by atoms with Gasteiger partial charge >= 0.3 is 11.9 Å². The summed E-state index contributed by atoms with van der Waals surface area (Å²) in [4.78, 5) is 37.4. The van der Waals surface area contributed by atoms with Crippen molar-refractivity contribution in [2.75, 3.05) is 47.5 Å². The summed E-state index contributed by atoms with van der Waals surface area (Å²) in [5, 5.41) is 20.3. The van der Waals surface area contributed by atoms with Crippen LogP contribution in [0.2, 0.25) is 0 Å². The van der Waals surface area contributed by atoms with Crippen LogP contribution in [-0.2, 0) is 32.7 Å². The van der Waals surface area contributed by atoms with Crippen LogP contribution in [0, 0.1) is 0 Å². The number of aliphatic hydroxyl groups excluding tert-OH is 2. The van der Waals surface area contributed by atoms with Crippen molar-refractivity contribution in [1.29, 1.82) is 0 Å². The Labute approximate surface area is 328 Å². The van der Waals surface area contributed by atoms with Crippen LogP contribution in [0.1, 0.15) is 142 Å². The Kier molecular flexibility index (Phi) is 32.8. The molecule has 0 aromatic heterocycles. The molecule has 0 amide bonds. The van der Waals surface area contributed by atoms with E-state index >= 15 is 0 Å². The highest BCUT2D eigenvalue weighted by Crippen LogP contribution is 2.38. The second-order valence-electron chi connectivity index (χ2n) is 15.1. The van der Waals surface area contributed by atoms with Gasteiger partial charge in [0.05, 0.1) is 40.0 Å². The highest BCUT2D eigenvalue weighted by molar-refractivity contribution is 7.45. The van der Waals surface area contributed by atoms with Crippen LogP contribution < -0.4 is 4.89 Å². The summed E-state index contributed by atoms with van der Waals surface area (Å²) in [5.74, 6) is -1.08. The molecule has 0 heterocycles. The van der Waals surface area contributed by atoms with Crippen LogP contribution >= 0.6 is 7.82 Å². The maximum atomic E-state index is 12.6. The fourth-order valence-electron chi connectivity index (χ4n) is 5.20. The highest BCUT2D eigenvalue weighted by atomic mass is 31.2. The molecule has 314 valence electrons. The summed E-state index contributed by atoms with van der Waals surface area (Å²) in [6, 6.07) is 0. The van der Waals surface area contributed by atoms with Crippen molar-refractivity contribution in [3.05, 3.63) is 48.6 Å². The van der Waals surface area contributed by atoms with Crippen molar-refractivity contribution in [3.63, 3.8) is 0 Å². The minimum atomic E-state index is -4.68. The molecule has 0 aliphatic carbocycles. The van der Waals surface area contributed by atoms with Gasteiger partial charge in [0.2, 0.25) is 0 Å². The maximum absolute atomic E-state index is 12.6. The molecule has 11 nitrogen and oxygen atoms in total. The topological polar surface area (TPSA) is 152 Å². The van der Waals surface area contributed by atoms with Gasteiger partial charge in [0.1, 0.15) is 19.8 Å². The number of nitrogens with zero attached hydrogens (tertiary/aromatic N) is 1. The average molecular weight is 786 g/mol. The molecule has 12 heteroatoms. The van der Waals surface area contributed by atoms with E-state index in [2.05, 4.69) is 19.9 Å². The molecule has 0 saturated heterocycles. The summed E-state index contributed by atoms with van der Waals surface area (Å²) >= 11 is 0. The number of ether oxygens (including phenoxy) is 2. The van der Waals surface area contributed by atoms with Gasteiger partial charge in [0.25, 0.3) is 7.82 Å². The molecule has 1 unspecified atom stereocenters. The Hall–Kier alpha value is -2.11. The molecular formula is C42H76NO10P. The van der Waals surface area contributed by atoms with E-state index in [0.29, 0.717) is 36.7 Å². The number of aliphatic hydroxyl groups is 2. The first-order valence-electron chi connectivity index (χ1n) is 20.6. The molecule has 0 radical (unpaired) electrons. The normalized spacial score (nSPS) is 15.3. The van der Waals surface area contributed by atoms with E-state index in [4.69, 9.17) is 18.5 Å². The maximum Gasteiger partial charge on any atom is 0.306 e. The van der Waals surface area contributed by atoms with Crippen LogP contribution in [0.15, 0.2) is 48.6 Å². The van der Waals surface area contributed by atoms with Crippen LogP contribution in [0.4, 0.5) is 0 Å². The smallest absolute Gasteiger partial charge is 0.306 e. The third-order valence-corrected chi connectivity index (χ3v) is 9.51. The van der Waals surface area contributed by atoms with Gasteiger partial charge in [-0.2, -0.15) is 0 Å². The third-order valence-electron chi connectivity index (χ3n) is 8.54. The largest absolute Gasteiger partial charge is 0.756 e. The van der Waals surface area contributed by atoms with Gasteiger partial charge in [-0.1, -0.05) is 140 Å². The lowest BCUT2D eigenvalue weighted by molar-refractivity contribution is -0.870. The number of hydrogen-bond acceptors (Lipinski definition) is 10. The van der Waals surface area contributed by atoms with Crippen molar-refractivity contribution < 1.29 is 52.3 Å². The fraction of sp³-hybridized carbons (Fsp3) is 0.762. The number of hydrogen-bond donors (Lipinski definition) is 2. The molecule has 0 aliphatic heterocycles. The zero-order valence-corrected chi connectivity index (χ0v) is 35.3. The minimum Gasteiger partial charge on any atom is -0.756 e. The Bertz CT molecular complexity index is 1100. The predicted molar refractivity (Wildman–Crippen MR) is 216 cm³/mol. The quantitative estimate of drug-likeness (QED) is 0.0158. The second-order valence-corrected chi connectivity index (χ2v) is 16.5. The summed E-state index contributed by atoms with van der Waals surface area (Å²) in [6.45, 7) is 3.85. The first kappa shape index (κ1) is 51.9. The van der Waals surface area contributed by atoms with Crippen molar-refractivity contribution in [3.8, 4) is 0 Å². The third kappa shape index (κ3) is 36.8. The molecule has 0 saturated carbocycles. The van der Waals surface area contributed by atoms with E-state index in [9.17, 15) is 29.3 Å². The van der Waals surface area contributed by atoms with E-state index in [0.717, 1.165) is 25.7 Å². The predicted octanol–water partition coefficient (Wildman–Crippen LogP) is 8.44. The van der Waals surface area contributed by atoms with E-state index < -0.39 is 44.7 Å². The van der Waals surface area contributed by atoms with Gasteiger partial charge in [-0.05, 0) is 38.5 Å². The summed E-state index contributed by atoms with van der Waals surface area (Å²) in [7, 11) is 1.03. The van der Waals surface area contributed by atoms with E-state index in [-0.39, 0.29) is 26.1 Å². The van der Waals surface area contributed by atoms with Gasteiger partial charge in [0.15, 0.2) is 6.10 Å². The molecular weight excluding hydrogens is 709 g/mol. The van der Waals surface area contributed by atoms with E-state index in [1.54, 1.807) is 36.5 Å². The molecule has 0 aliphatic rings. The molecule has 2 N–H and O–H groups in total. The minimum absolute atomic E-state index is 0.0168.